The van der Waals surface area contributed by atoms with Crippen LogP contribution in [-0.4, -0.2) is 25.0 Å². The number of nitriles is 1. The second kappa shape index (κ2) is 5.75. The van der Waals surface area contributed by atoms with Gasteiger partial charge in [-0.15, -0.1) is 0 Å². The standard InChI is InChI=1S/C17H24N2/c1-17(2,12-18)13-19(3)10-9-14-7-8-15-5-4-6-16(15)11-14/h7-8,11H,4-6,9-10,13H2,1-3H3. The molecule has 0 N–H and O–H groups in total. The molecule has 0 aromatic heterocycles. The number of aryl methyl sites for hydroxylation is 2. The first-order chi connectivity index (χ1) is 9.00. The first kappa shape index (κ1) is 14.1. The van der Waals surface area contributed by atoms with Crippen LogP contribution in [0.2, 0.25) is 0 Å². The monoisotopic (exact) mass is 256 g/mol. The summed E-state index contributed by atoms with van der Waals surface area (Å²) in [6.45, 7) is 5.84. The van der Waals surface area contributed by atoms with Crippen molar-refractivity contribution in [3.63, 3.8) is 0 Å². The number of fused-ring (bicyclic) bond motifs is 1. The Morgan fingerprint density at radius 3 is 2.74 bits per heavy atom. The summed E-state index contributed by atoms with van der Waals surface area (Å²) in [5.74, 6) is 0. The molecular formula is C17H24N2. The van der Waals surface area contributed by atoms with E-state index in [2.05, 4.69) is 36.2 Å². The molecule has 102 valence electrons. The lowest BCUT2D eigenvalue weighted by Crippen LogP contribution is -2.31. The first-order valence-electron chi connectivity index (χ1n) is 7.21. The van der Waals surface area contributed by atoms with E-state index in [1.165, 1.54) is 24.8 Å². The van der Waals surface area contributed by atoms with Gasteiger partial charge < -0.3 is 4.90 Å². The smallest absolute Gasteiger partial charge is 0.0697 e. The molecule has 0 heterocycles. The second-order valence-corrected chi connectivity index (χ2v) is 6.44. The van der Waals surface area contributed by atoms with Crippen LogP contribution in [0.15, 0.2) is 18.2 Å². The van der Waals surface area contributed by atoms with Crippen molar-refractivity contribution in [1.29, 1.82) is 5.26 Å². The minimum absolute atomic E-state index is 0.257. The number of nitrogens with zero attached hydrogens (tertiary/aromatic N) is 2. The highest BCUT2D eigenvalue weighted by atomic mass is 15.1. The second-order valence-electron chi connectivity index (χ2n) is 6.44. The van der Waals surface area contributed by atoms with Gasteiger partial charge in [-0.2, -0.15) is 5.26 Å². The molecule has 0 spiro atoms. The van der Waals surface area contributed by atoms with E-state index in [-0.39, 0.29) is 5.41 Å². The molecule has 0 amide bonds. The number of likely N-dealkylation sites (N-methyl/N-ethyl adjacent to an activating group) is 1. The van der Waals surface area contributed by atoms with Crippen molar-refractivity contribution in [2.24, 2.45) is 5.41 Å². The molecule has 0 saturated heterocycles. The Labute approximate surface area is 117 Å². The molecule has 0 bridgehead atoms. The van der Waals surface area contributed by atoms with Crippen molar-refractivity contribution in [3.8, 4) is 6.07 Å². The summed E-state index contributed by atoms with van der Waals surface area (Å²) in [5.41, 5.74) is 4.27. The van der Waals surface area contributed by atoms with E-state index in [1.54, 1.807) is 11.1 Å². The van der Waals surface area contributed by atoms with Crippen molar-refractivity contribution in [3.05, 3.63) is 34.9 Å². The highest BCUT2D eigenvalue weighted by molar-refractivity contribution is 5.35. The molecule has 0 saturated carbocycles. The molecule has 0 unspecified atom stereocenters. The Balaban J connectivity index is 1.87. The lowest BCUT2D eigenvalue weighted by molar-refractivity contribution is 0.258. The normalized spacial score (nSPS) is 14.5. The molecule has 1 aromatic rings. The van der Waals surface area contributed by atoms with Gasteiger partial charge in [-0.1, -0.05) is 18.2 Å². The van der Waals surface area contributed by atoms with Gasteiger partial charge in [0.25, 0.3) is 0 Å². The summed E-state index contributed by atoms with van der Waals surface area (Å²) in [5, 5.41) is 9.06. The predicted octanol–water partition coefficient (Wildman–Crippen LogP) is 3.20. The van der Waals surface area contributed by atoms with Crippen molar-refractivity contribution >= 4 is 0 Å². The lowest BCUT2D eigenvalue weighted by Gasteiger charge is -2.24. The molecule has 2 rings (SSSR count). The number of benzene rings is 1. The maximum Gasteiger partial charge on any atom is 0.0697 e. The number of rotatable bonds is 5. The largest absolute Gasteiger partial charge is 0.304 e. The molecule has 2 nitrogen and oxygen atoms in total. The molecule has 0 atom stereocenters. The van der Waals surface area contributed by atoms with Crippen LogP contribution in [-0.2, 0) is 19.3 Å². The summed E-state index contributed by atoms with van der Waals surface area (Å²) in [6.07, 6.45) is 4.90. The fourth-order valence-corrected chi connectivity index (χ4v) is 2.89. The van der Waals surface area contributed by atoms with Gasteiger partial charge in [-0.3, -0.25) is 0 Å². The van der Waals surface area contributed by atoms with Gasteiger partial charge in [-0.05, 0) is 63.3 Å². The summed E-state index contributed by atoms with van der Waals surface area (Å²) in [4.78, 5) is 2.26. The van der Waals surface area contributed by atoms with Crippen molar-refractivity contribution in [2.45, 2.75) is 39.5 Å². The average Bonchev–Trinajstić information content (AvgIpc) is 2.83. The SMILES string of the molecule is CN(CCc1ccc2c(c1)CCC2)CC(C)(C)C#N. The van der Waals surface area contributed by atoms with Crippen LogP contribution in [0.25, 0.3) is 0 Å². The summed E-state index contributed by atoms with van der Waals surface area (Å²) in [7, 11) is 2.10. The Morgan fingerprint density at radius 2 is 2.00 bits per heavy atom. The zero-order chi connectivity index (χ0) is 13.9. The zero-order valence-electron chi connectivity index (χ0n) is 12.4. The van der Waals surface area contributed by atoms with E-state index in [0.29, 0.717) is 0 Å². The highest BCUT2D eigenvalue weighted by Crippen LogP contribution is 2.23. The van der Waals surface area contributed by atoms with Crippen LogP contribution in [0.4, 0.5) is 0 Å². The van der Waals surface area contributed by atoms with Gasteiger partial charge in [-0.25, -0.2) is 0 Å². The Morgan fingerprint density at radius 1 is 1.26 bits per heavy atom. The third-order valence-electron chi connectivity index (χ3n) is 3.91. The third-order valence-corrected chi connectivity index (χ3v) is 3.91. The van der Waals surface area contributed by atoms with Crippen LogP contribution in [0.3, 0.4) is 0 Å². The minimum atomic E-state index is -0.257. The molecule has 1 aliphatic rings. The summed E-state index contributed by atoms with van der Waals surface area (Å²) >= 11 is 0. The Hall–Kier alpha value is -1.33. The molecule has 19 heavy (non-hydrogen) atoms. The van der Waals surface area contributed by atoms with E-state index < -0.39 is 0 Å². The van der Waals surface area contributed by atoms with Crippen molar-refractivity contribution in [1.82, 2.24) is 4.90 Å². The molecular weight excluding hydrogens is 232 g/mol. The van der Waals surface area contributed by atoms with Gasteiger partial charge >= 0.3 is 0 Å². The van der Waals surface area contributed by atoms with E-state index in [1.807, 2.05) is 13.8 Å². The predicted molar refractivity (Wildman–Crippen MR) is 79.1 cm³/mol. The van der Waals surface area contributed by atoms with Gasteiger partial charge in [0.2, 0.25) is 0 Å². The quantitative estimate of drug-likeness (QED) is 0.809. The minimum Gasteiger partial charge on any atom is -0.304 e. The van der Waals surface area contributed by atoms with Crippen molar-refractivity contribution < 1.29 is 0 Å². The average molecular weight is 256 g/mol. The highest BCUT2D eigenvalue weighted by Gasteiger charge is 2.19. The molecule has 2 heteroatoms. The summed E-state index contributed by atoms with van der Waals surface area (Å²) < 4.78 is 0. The van der Waals surface area contributed by atoms with Crippen LogP contribution >= 0.6 is 0 Å². The van der Waals surface area contributed by atoms with Crippen LogP contribution in [0, 0.1) is 16.7 Å². The maximum atomic E-state index is 9.06. The number of hydrogen-bond acceptors (Lipinski definition) is 2. The van der Waals surface area contributed by atoms with Crippen LogP contribution < -0.4 is 0 Å². The topological polar surface area (TPSA) is 27.0 Å². The zero-order valence-corrected chi connectivity index (χ0v) is 12.4. The van der Waals surface area contributed by atoms with E-state index >= 15 is 0 Å². The van der Waals surface area contributed by atoms with Gasteiger partial charge in [0, 0.05) is 13.1 Å². The van der Waals surface area contributed by atoms with E-state index in [4.69, 9.17) is 5.26 Å². The number of hydrogen-bond donors (Lipinski definition) is 0. The molecule has 0 radical (unpaired) electrons. The van der Waals surface area contributed by atoms with E-state index in [9.17, 15) is 0 Å². The van der Waals surface area contributed by atoms with Crippen LogP contribution in [0.1, 0.15) is 37.0 Å². The van der Waals surface area contributed by atoms with E-state index in [0.717, 1.165) is 19.5 Å². The molecule has 1 aliphatic carbocycles. The fraction of sp³-hybridized carbons (Fsp3) is 0.588. The maximum absolute atomic E-state index is 9.06. The molecule has 1 aromatic carbocycles. The Kier molecular flexibility index (Phi) is 4.27. The van der Waals surface area contributed by atoms with Gasteiger partial charge in [0.15, 0.2) is 0 Å². The van der Waals surface area contributed by atoms with Gasteiger partial charge in [0.1, 0.15) is 0 Å². The molecule has 0 fully saturated rings. The summed E-state index contributed by atoms with van der Waals surface area (Å²) in [6, 6.07) is 9.32. The fourth-order valence-electron chi connectivity index (χ4n) is 2.89. The molecule has 0 aliphatic heterocycles. The van der Waals surface area contributed by atoms with Crippen molar-refractivity contribution in [2.75, 3.05) is 20.1 Å². The first-order valence-corrected chi connectivity index (χ1v) is 7.21. The van der Waals surface area contributed by atoms with Gasteiger partial charge in [0.05, 0.1) is 11.5 Å². The third kappa shape index (κ3) is 3.81. The van der Waals surface area contributed by atoms with Crippen LogP contribution in [0.5, 0.6) is 0 Å². The Bertz CT molecular complexity index is 483. The lowest BCUT2D eigenvalue weighted by atomic mass is 9.95.